The van der Waals surface area contributed by atoms with E-state index in [1.165, 1.54) is 0 Å². The van der Waals surface area contributed by atoms with Gasteiger partial charge in [0.15, 0.2) is 5.41 Å². The number of carbonyl (C=O) groups excluding carboxylic acids is 1. The van der Waals surface area contributed by atoms with E-state index in [1.807, 2.05) is 0 Å². The Balaban J connectivity index is 3.48. The summed E-state index contributed by atoms with van der Waals surface area (Å²) in [4.78, 5) is 24.3. The highest BCUT2D eigenvalue weighted by atomic mass is 79.9. The van der Waals surface area contributed by atoms with Crippen LogP contribution >= 0.6 is 15.9 Å². The summed E-state index contributed by atoms with van der Waals surface area (Å²) >= 11 is 3.30. The second-order valence-corrected chi connectivity index (χ2v) is 5.76. The van der Waals surface area contributed by atoms with Crippen molar-refractivity contribution in [2.75, 3.05) is 13.2 Å². The third-order valence-electron chi connectivity index (χ3n) is 3.29. The van der Waals surface area contributed by atoms with Gasteiger partial charge in [0.1, 0.15) is 0 Å². The van der Waals surface area contributed by atoms with Crippen molar-refractivity contribution >= 4 is 27.9 Å². The molecule has 0 bridgehead atoms. The highest BCUT2D eigenvalue weighted by Crippen LogP contribution is 2.37. The molecule has 0 spiro atoms. The number of benzene rings is 1. The molecule has 2 N–H and O–H groups in total. The van der Waals surface area contributed by atoms with Crippen LogP contribution in [0.25, 0.3) is 0 Å². The highest BCUT2D eigenvalue weighted by Gasteiger charge is 2.51. The van der Waals surface area contributed by atoms with Crippen molar-refractivity contribution in [1.29, 1.82) is 0 Å². The molecule has 0 saturated carbocycles. The minimum Gasteiger partial charge on any atom is -0.480 e. The van der Waals surface area contributed by atoms with Gasteiger partial charge in [-0.15, -0.1) is 0 Å². The Morgan fingerprint density at radius 3 is 2.48 bits per heavy atom. The summed E-state index contributed by atoms with van der Waals surface area (Å²) in [6.45, 7) is 3.19. The number of rotatable bonds is 7. The molecule has 0 heterocycles. The zero-order valence-electron chi connectivity index (χ0n) is 12.0. The molecule has 0 aliphatic carbocycles. The minimum atomic E-state index is -1.84. The monoisotopic (exact) mass is 358 g/mol. The topological polar surface area (TPSA) is 83.8 Å². The van der Waals surface area contributed by atoms with E-state index in [2.05, 4.69) is 15.9 Å². The molecule has 21 heavy (non-hydrogen) atoms. The van der Waals surface area contributed by atoms with Crippen LogP contribution in [0.5, 0.6) is 0 Å². The van der Waals surface area contributed by atoms with Crippen LogP contribution in [-0.2, 0) is 19.7 Å². The van der Waals surface area contributed by atoms with Gasteiger partial charge in [0, 0.05) is 11.1 Å². The molecule has 0 aliphatic heterocycles. The maximum atomic E-state index is 12.4. The number of aliphatic hydroxyl groups is 1. The smallest absolute Gasteiger partial charge is 0.328 e. The summed E-state index contributed by atoms with van der Waals surface area (Å²) in [7, 11) is 0. The zero-order chi connectivity index (χ0) is 16.0. The van der Waals surface area contributed by atoms with Crippen molar-refractivity contribution in [2.45, 2.75) is 25.7 Å². The molecule has 1 aromatic carbocycles. The van der Waals surface area contributed by atoms with Gasteiger partial charge in [0.05, 0.1) is 6.61 Å². The zero-order valence-corrected chi connectivity index (χ0v) is 13.6. The lowest BCUT2D eigenvalue weighted by molar-refractivity contribution is -0.162. The van der Waals surface area contributed by atoms with Gasteiger partial charge in [-0.05, 0) is 30.9 Å². The van der Waals surface area contributed by atoms with Gasteiger partial charge < -0.3 is 14.9 Å². The van der Waals surface area contributed by atoms with Crippen molar-refractivity contribution in [3.8, 4) is 0 Å². The van der Waals surface area contributed by atoms with E-state index >= 15 is 0 Å². The average Bonchev–Trinajstić information content (AvgIpc) is 2.45. The first-order chi connectivity index (χ1) is 9.90. The molecule has 0 aliphatic rings. The minimum absolute atomic E-state index is 0.0414. The second-order valence-electron chi connectivity index (χ2n) is 4.90. The van der Waals surface area contributed by atoms with Crippen LogP contribution in [0, 0.1) is 5.92 Å². The summed E-state index contributed by atoms with van der Waals surface area (Å²) < 4.78 is 5.52. The Hall–Kier alpha value is -1.40. The lowest BCUT2D eigenvalue weighted by atomic mass is 9.74. The van der Waals surface area contributed by atoms with Crippen LogP contribution < -0.4 is 0 Å². The molecule has 6 heteroatoms. The number of hydrogen-bond acceptors (Lipinski definition) is 4. The highest BCUT2D eigenvalue weighted by molar-refractivity contribution is 9.10. The lowest BCUT2D eigenvalue weighted by Crippen LogP contribution is -2.47. The largest absolute Gasteiger partial charge is 0.480 e. The van der Waals surface area contributed by atoms with Gasteiger partial charge in [-0.25, -0.2) is 0 Å². The van der Waals surface area contributed by atoms with Crippen molar-refractivity contribution in [3.05, 3.63) is 34.3 Å². The maximum absolute atomic E-state index is 12.4. The van der Waals surface area contributed by atoms with Crippen molar-refractivity contribution in [2.24, 2.45) is 5.92 Å². The van der Waals surface area contributed by atoms with E-state index in [1.54, 1.807) is 38.1 Å². The van der Waals surface area contributed by atoms with Crippen LogP contribution in [0.3, 0.4) is 0 Å². The molecule has 0 aromatic heterocycles. The first kappa shape index (κ1) is 17.7. The Bertz CT molecular complexity index is 517. The van der Waals surface area contributed by atoms with Gasteiger partial charge in [0.2, 0.25) is 0 Å². The molecule has 0 fully saturated rings. The molecule has 5 nitrogen and oxygen atoms in total. The first-order valence-corrected chi connectivity index (χ1v) is 7.45. The van der Waals surface area contributed by atoms with Crippen molar-refractivity contribution < 1.29 is 24.5 Å². The van der Waals surface area contributed by atoms with E-state index in [-0.39, 0.29) is 25.6 Å². The van der Waals surface area contributed by atoms with Crippen LogP contribution in [-0.4, -0.2) is 35.4 Å². The van der Waals surface area contributed by atoms with E-state index in [9.17, 15) is 19.8 Å². The SMILES string of the molecule is CCOC(=O)C(CC(C)CO)(C(=O)O)c1ccccc1Br. The first-order valence-electron chi connectivity index (χ1n) is 6.66. The number of esters is 1. The van der Waals surface area contributed by atoms with Crippen LogP contribution in [0.1, 0.15) is 25.8 Å². The van der Waals surface area contributed by atoms with Crippen molar-refractivity contribution in [1.82, 2.24) is 0 Å². The molecule has 0 saturated heterocycles. The number of aliphatic hydroxyl groups excluding tert-OH is 1. The Kier molecular flexibility index (Phi) is 6.36. The van der Waals surface area contributed by atoms with Gasteiger partial charge in [-0.3, -0.25) is 9.59 Å². The normalized spacial score (nSPS) is 15.0. The third kappa shape index (κ3) is 3.63. The van der Waals surface area contributed by atoms with Gasteiger partial charge in [-0.1, -0.05) is 41.1 Å². The molecule has 2 atom stereocenters. The predicted molar refractivity (Wildman–Crippen MR) is 81.0 cm³/mol. The summed E-state index contributed by atoms with van der Waals surface area (Å²) in [5.74, 6) is -2.46. The number of carboxylic acid groups (broad SMARTS) is 1. The van der Waals surface area contributed by atoms with Gasteiger partial charge in [0.25, 0.3) is 0 Å². The van der Waals surface area contributed by atoms with E-state index in [0.29, 0.717) is 10.0 Å². The third-order valence-corrected chi connectivity index (χ3v) is 3.98. The number of hydrogen-bond donors (Lipinski definition) is 2. The number of ether oxygens (including phenoxy) is 1. The van der Waals surface area contributed by atoms with Crippen LogP contribution in [0.15, 0.2) is 28.7 Å². The fourth-order valence-electron chi connectivity index (χ4n) is 2.24. The molecule has 0 amide bonds. The molecular formula is C15H19BrO5. The molecular weight excluding hydrogens is 340 g/mol. The van der Waals surface area contributed by atoms with E-state index in [0.717, 1.165) is 0 Å². The Morgan fingerprint density at radius 2 is 2.00 bits per heavy atom. The fraction of sp³-hybridized carbons (Fsp3) is 0.467. The average molecular weight is 359 g/mol. The molecule has 2 unspecified atom stereocenters. The number of carboxylic acids is 1. The van der Waals surface area contributed by atoms with E-state index < -0.39 is 17.4 Å². The number of aliphatic carboxylic acids is 1. The molecule has 0 radical (unpaired) electrons. The summed E-state index contributed by atoms with van der Waals surface area (Å²) in [5.41, 5.74) is -1.51. The standard InChI is InChI=1S/C15H19BrO5/c1-3-21-14(20)15(13(18)19,8-10(2)9-17)11-6-4-5-7-12(11)16/h4-7,10,17H,3,8-9H2,1-2H3,(H,18,19). The molecule has 1 rings (SSSR count). The Morgan fingerprint density at radius 1 is 1.38 bits per heavy atom. The van der Waals surface area contributed by atoms with Crippen molar-refractivity contribution in [3.63, 3.8) is 0 Å². The summed E-state index contributed by atoms with van der Waals surface area (Å²) in [6.07, 6.45) is -0.0414. The molecule has 1 aromatic rings. The summed E-state index contributed by atoms with van der Waals surface area (Å²) in [6, 6.07) is 6.66. The summed E-state index contributed by atoms with van der Waals surface area (Å²) in [5, 5.41) is 19.0. The van der Waals surface area contributed by atoms with Crippen LogP contribution in [0.4, 0.5) is 0 Å². The quantitative estimate of drug-likeness (QED) is 0.577. The van der Waals surface area contributed by atoms with Gasteiger partial charge >= 0.3 is 11.9 Å². The van der Waals surface area contributed by atoms with E-state index in [4.69, 9.17) is 4.74 Å². The lowest BCUT2D eigenvalue weighted by Gasteiger charge is -2.30. The maximum Gasteiger partial charge on any atom is 0.328 e. The second kappa shape index (κ2) is 7.56. The van der Waals surface area contributed by atoms with Gasteiger partial charge in [-0.2, -0.15) is 0 Å². The Labute approximate surface area is 132 Å². The molecule has 116 valence electrons. The predicted octanol–water partition coefficient (Wildman–Crippen LogP) is 2.35. The number of halogens is 1. The fourth-order valence-corrected chi connectivity index (χ4v) is 2.87. The number of carbonyl (C=O) groups is 2. The van der Waals surface area contributed by atoms with Crippen LogP contribution in [0.2, 0.25) is 0 Å².